The lowest BCUT2D eigenvalue weighted by atomic mass is 9.89. The third-order valence-electron chi connectivity index (χ3n) is 7.43. The van der Waals surface area contributed by atoms with Crippen molar-refractivity contribution in [3.8, 4) is 28.4 Å². The van der Waals surface area contributed by atoms with Crippen LogP contribution in [0.25, 0.3) is 11.1 Å². The van der Waals surface area contributed by atoms with Gasteiger partial charge in [-0.05, 0) is 127 Å². The summed E-state index contributed by atoms with van der Waals surface area (Å²) in [5, 5.41) is 0. The van der Waals surface area contributed by atoms with E-state index in [1.54, 1.807) is 21.3 Å². The van der Waals surface area contributed by atoms with Gasteiger partial charge in [0.05, 0.1) is 21.3 Å². The van der Waals surface area contributed by atoms with Crippen LogP contribution in [0.3, 0.4) is 0 Å². The molecule has 3 heteroatoms. The zero-order chi connectivity index (χ0) is 26.7. The van der Waals surface area contributed by atoms with E-state index in [1.165, 1.54) is 44.5 Å². The molecule has 0 aliphatic carbocycles. The minimum atomic E-state index is 0.790. The van der Waals surface area contributed by atoms with Crippen molar-refractivity contribution in [3.63, 3.8) is 0 Å². The molecule has 0 bridgehead atoms. The van der Waals surface area contributed by atoms with E-state index in [2.05, 4.69) is 95.3 Å². The molecule has 0 unspecified atom stereocenters. The van der Waals surface area contributed by atoms with Crippen molar-refractivity contribution in [2.24, 2.45) is 0 Å². The van der Waals surface area contributed by atoms with Crippen molar-refractivity contribution in [1.82, 2.24) is 0 Å². The van der Waals surface area contributed by atoms with Crippen LogP contribution in [0.4, 0.5) is 0 Å². The van der Waals surface area contributed by atoms with Crippen LogP contribution in [0, 0.1) is 34.6 Å². The first-order chi connectivity index (χ1) is 17.7. The van der Waals surface area contributed by atoms with Crippen LogP contribution in [-0.4, -0.2) is 21.3 Å². The number of hydrogen-bond donors (Lipinski definition) is 0. The van der Waals surface area contributed by atoms with Crippen LogP contribution in [-0.2, 0) is 12.8 Å². The second-order valence-corrected chi connectivity index (χ2v) is 10.0. The van der Waals surface area contributed by atoms with Crippen LogP contribution in [0.1, 0.15) is 50.1 Å². The molecule has 0 saturated heterocycles. The summed E-state index contributed by atoms with van der Waals surface area (Å²) in [6.45, 7) is 10.7. The number of aryl methyl sites for hydroxylation is 3. The lowest BCUT2D eigenvalue weighted by Gasteiger charge is -2.19. The van der Waals surface area contributed by atoms with Gasteiger partial charge in [-0.15, -0.1) is 0 Å². The lowest BCUT2D eigenvalue weighted by Crippen LogP contribution is -2.00. The Morgan fingerprint density at radius 2 is 0.865 bits per heavy atom. The summed E-state index contributed by atoms with van der Waals surface area (Å²) >= 11 is 0. The largest absolute Gasteiger partial charge is 0.496 e. The molecule has 0 radical (unpaired) electrons. The normalized spacial score (nSPS) is 10.9. The third kappa shape index (κ3) is 5.67. The van der Waals surface area contributed by atoms with E-state index in [0.29, 0.717) is 0 Å². The van der Waals surface area contributed by atoms with Gasteiger partial charge in [0.15, 0.2) is 0 Å². The average Bonchev–Trinajstić information content (AvgIpc) is 2.89. The molecule has 192 valence electrons. The fourth-order valence-electron chi connectivity index (χ4n) is 5.04. The summed E-state index contributed by atoms with van der Waals surface area (Å²) in [6, 6.07) is 22.0. The first kappa shape index (κ1) is 26.3. The Labute approximate surface area is 222 Å². The van der Waals surface area contributed by atoms with Gasteiger partial charge in [0.25, 0.3) is 0 Å². The molecule has 4 aromatic carbocycles. The number of ether oxygens (including phenoxy) is 3. The van der Waals surface area contributed by atoms with E-state index in [4.69, 9.17) is 14.2 Å². The van der Waals surface area contributed by atoms with E-state index in [1.807, 2.05) is 0 Å². The highest BCUT2D eigenvalue weighted by Gasteiger charge is 2.16. The van der Waals surface area contributed by atoms with Crippen molar-refractivity contribution in [2.75, 3.05) is 21.3 Å². The van der Waals surface area contributed by atoms with Gasteiger partial charge >= 0.3 is 0 Å². The third-order valence-corrected chi connectivity index (χ3v) is 7.43. The molecule has 3 nitrogen and oxygen atoms in total. The summed E-state index contributed by atoms with van der Waals surface area (Å²) in [7, 11) is 5.22. The Hall–Kier alpha value is -3.72. The smallest absolute Gasteiger partial charge is 0.122 e. The van der Waals surface area contributed by atoms with E-state index in [-0.39, 0.29) is 0 Å². The maximum Gasteiger partial charge on any atom is 0.122 e. The molecule has 0 atom stereocenters. The van der Waals surface area contributed by atoms with E-state index in [9.17, 15) is 0 Å². The topological polar surface area (TPSA) is 27.7 Å². The quantitative estimate of drug-likeness (QED) is 0.248. The maximum absolute atomic E-state index is 5.84. The minimum Gasteiger partial charge on any atom is -0.496 e. The number of benzene rings is 4. The van der Waals surface area contributed by atoms with E-state index in [0.717, 1.165) is 46.8 Å². The van der Waals surface area contributed by atoms with E-state index < -0.39 is 0 Å². The Kier molecular flexibility index (Phi) is 7.92. The van der Waals surface area contributed by atoms with Crippen LogP contribution in [0.5, 0.6) is 17.2 Å². The van der Waals surface area contributed by atoms with Gasteiger partial charge in [-0.1, -0.05) is 42.5 Å². The van der Waals surface area contributed by atoms with Crippen molar-refractivity contribution >= 4 is 0 Å². The van der Waals surface area contributed by atoms with Crippen molar-refractivity contribution in [1.29, 1.82) is 0 Å². The molecular formula is C34H38O3. The van der Waals surface area contributed by atoms with Crippen LogP contribution in [0.15, 0.2) is 60.7 Å². The molecule has 0 amide bonds. The summed E-state index contributed by atoms with van der Waals surface area (Å²) in [5.74, 6) is 2.71. The number of rotatable bonds is 8. The lowest BCUT2D eigenvalue weighted by molar-refractivity contribution is 0.410. The summed E-state index contributed by atoms with van der Waals surface area (Å²) in [5.41, 5.74) is 13.3. The van der Waals surface area contributed by atoms with Crippen molar-refractivity contribution in [2.45, 2.75) is 47.5 Å². The second kappa shape index (κ2) is 11.1. The molecule has 0 saturated carbocycles. The minimum absolute atomic E-state index is 0.790. The standard InChI is InChI=1S/C34H38O3/c1-21-9-11-26(13-23(21)3)14-28-16-30(24(4)33(19-28)36-7)31-17-29(20-34(37-8)25(31)5)15-27-12-10-22(2)32(18-27)35-6/h9-13,16-20H,14-15H2,1-8H3. The van der Waals surface area contributed by atoms with Gasteiger partial charge < -0.3 is 14.2 Å². The summed E-state index contributed by atoms with van der Waals surface area (Å²) in [4.78, 5) is 0. The fraction of sp³-hybridized carbons (Fsp3) is 0.294. The highest BCUT2D eigenvalue weighted by atomic mass is 16.5. The zero-order valence-corrected chi connectivity index (χ0v) is 23.4. The van der Waals surface area contributed by atoms with Gasteiger partial charge in [0.1, 0.15) is 17.2 Å². The Morgan fingerprint density at radius 1 is 0.432 bits per heavy atom. The van der Waals surface area contributed by atoms with Crippen LogP contribution >= 0.6 is 0 Å². The molecule has 37 heavy (non-hydrogen) atoms. The SMILES string of the molecule is COc1cc(Cc2cc(OC)c(C)c(-c3cc(Cc4ccc(C)c(C)c4)cc(OC)c3C)c2)ccc1C. The Balaban J connectivity index is 1.80. The number of hydrogen-bond acceptors (Lipinski definition) is 3. The predicted octanol–water partition coefficient (Wildman–Crippen LogP) is 8.10. The van der Waals surface area contributed by atoms with Crippen molar-refractivity contribution < 1.29 is 14.2 Å². The number of methoxy groups -OCH3 is 3. The molecule has 0 aromatic heterocycles. The Morgan fingerprint density at radius 3 is 1.32 bits per heavy atom. The maximum atomic E-state index is 5.84. The van der Waals surface area contributed by atoms with Gasteiger partial charge in [-0.2, -0.15) is 0 Å². The molecule has 0 aliphatic heterocycles. The highest BCUT2D eigenvalue weighted by molar-refractivity contribution is 5.76. The Bertz CT molecular complexity index is 1430. The molecule has 0 spiro atoms. The van der Waals surface area contributed by atoms with Gasteiger partial charge in [0.2, 0.25) is 0 Å². The van der Waals surface area contributed by atoms with Crippen LogP contribution < -0.4 is 14.2 Å². The van der Waals surface area contributed by atoms with E-state index >= 15 is 0 Å². The van der Waals surface area contributed by atoms with Gasteiger partial charge in [-0.25, -0.2) is 0 Å². The molecule has 0 heterocycles. The van der Waals surface area contributed by atoms with Gasteiger partial charge in [-0.3, -0.25) is 0 Å². The van der Waals surface area contributed by atoms with Crippen molar-refractivity contribution in [3.05, 3.63) is 111 Å². The molecule has 0 N–H and O–H groups in total. The monoisotopic (exact) mass is 494 g/mol. The second-order valence-electron chi connectivity index (χ2n) is 10.0. The summed E-state index contributed by atoms with van der Waals surface area (Å²) < 4.78 is 17.2. The predicted molar refractivity (Wildman–Crippen MR) is 154 cm³/mol. The summed E-state index contributed by atoms with van der Waals surface area (Å²) in [6.07, 6.45) is 1.64. The fourth-order valence-corrected chi connectivity index (χ4v) is 5.04. The zero-order valence-electron chi connectivity index (χ0n) is 23.4. The molecule has 0 fully saturated rings. The first-order valence-corrected chi connectivity index (χ1v) is 12.8. The highest BCUT2D eigenvalue weighted by Crippen LogP contribution is 2.38. The first-order valence-electron chi connectivity index (χ1n) is 12.8. The molecule has 4 rings (SSSR count). The average molecular weight is 495 g/mol. The molecule has 4 aromatic rings. The molecular weight excluding hydrogens is 456 g/mol. The van der Waals surface area contributed by atoms with Gasteiger partial charge in [0, 0.05) is 0 Å². The molecule has 0 aliphatic rings. The van der Waals surface area contributed by atoms with Crippen LogP contribution in [0.2, 0.25) is 0 Å².